The van der Waals surface area contributed by atoms with Gasteiger partial charge in [0.1, 0.15) is 0 Å². The number of halogens is 1. The third-order valence-electron chi connectivity index (χ3n) is 7.11. The molecule has 29 heavy (non-hydrogen) atoms. The van der Waals surface area contributed by atoms with E-state index in [9.17, 15) is 5.26 Å². The molecule has 0 radical (unpaired) electrons. The van der Waals surface area contributed by atoms with Gasteiger partial charge in [0.25, 0.3) is 0 Å². The Kier molecular flexibility index (Phi) is 5.26. The third-order valence-corrected chi connectivity index (χ3v) is 7.59. The summed E-state index contributed by atoms with van der Waals surface area (Å²) >= 11 is 6.84. The van der Waals surface area contributed by atoms with E-state index in [-0.39, 0.29) is 0 Å². The molecule has 2 aliphatic heterocycles. The molecule has 156 valence electrons. The maximum Gasteiger partial charge on any atom is 0.496 e. The van der Waals surface area contributed by atoms with E-state index in [1.165, 1.54) is 0 Å². The van der Waals surface area contributed by atoms with E-state index in [1.807, 2.05) is 69.2 Å². The Morgan fingerprint density at radius 1 is 0.690 bits per heavy atom. The predicted molar refractivity (Wildman–Crippen MR) is 117 cm³/mol. The lowest BCUT2D eigenvalue weighted by atomic mass is 9.66. The SMILES string of the molecule is Cc1c(C#N)c(B2OC(C)(C)C(C)(C)O2)c(C)c(Cl)c1B1OC(C)(C)C(C)(C)O1. The molecule has 0 bridgehead atoms. The van der Waals surface area contributed by atoms with Gasteiger partial charge in [0.15, 0.2) is 0 Å². The van der Waals surface area contributed by atoms with Gasteiger partial charge >= 0.3 is 14.2 Å². The number of nitrogens with zero attached hydrogens (tertiary/aromatic N) is 1. The molecule has 3 rings (SSSR count). The van der Waals surface area contributed by atoms with Gasteiger partial charge in [-0.05, 0) is 80.4 Å². The predicted octanol–water partition coefficient (Wildman–Crippen LogP) is 3.43. The zero-order valence-electron chi connectivity index (χ0n) is 19.1. The molecule has 0 aliphatic carbocycles. The maximum atomic E-state index is 10.0. The van der Waals surface area contributed by atoms with Crippen molar-refractivity contribution in [1.82, 2.24) is 0 Å². The number of hydrogen-bond acceptors (Lipinski definition) is 5. The van der Waals surface area contributed by atoms with Crippen molar-refractivity contribution in [1.29, 1.82) is 5.26 Å². The summed E-state index contributed by atoms with van der Waals surface area (Å²) in [7, 11) is -1.32. The highest BCUT2D eigenvalue weighted by molar-refractivity contribution is 6.69. The van der Waals surface area contributed by atoms with Crippen molar-refractivity contribution >= 4 is 36.8 Å². The molecule has 2 heterocycles. The first kappa shape index (κ1) is 22.7. The van der Waals surface area contributed by atoms with Gasteiger partial charge < -0.3 is 18.6 Å². The van der Waals surface area contributed by atoms with Crippen LogP contribution in [0.4, 0.5) is 0 Å². The molecule has 0 saturated carbocycles. The van der Waals surface area contributed by atoms with Gasteiger partial charge in [-0.2, -0.15) is 5.26 Å². The lowest BCUT2D eigenvalue weighted by Crippen LogP contribution is -2.44. The van der Waals surface area contributed by atoms with Crippen LogP contribution < -0.4 is 10.9 Å². The van der Waals surface area contributed by atoms with Crippen molar-refractivity contribution in [2.24, 2.45) is 0 Å². The standard InChI is InChI=1S/C21H30B2ClNO4/c1-12-14(11-25)15(22-26-18(3,4)19(5,6)27-22)13(2)17(24)16(12)23-28-20(7,8)21(9,10)29-23/h1-10H3. The van der Waals surface area contributed by atoms with Crippen LogP contribution in [0, 0.1) is 25.2 Å². The Labute approximate surface area is 180 Å². The van der Waals surface area contributed by atoms with Crippen LogP contribution in [-0.2, 0) is 18.6 Å². The number of hydrogen-bond donors (Lipinski definition) is 0. The smallest absolute Gasteiger partial charge is 0.399 e. The summed E-state index contributed by atoms with van der Waals surface area (Å²) in [5.41, 5.74) is 1.31. The molecule has 1 aromatic carbocycles. The Morgan fingerprint density at radius 3 is 1.38 bits per heavy atom. The molecule has 0 spiro atoms. The van der Waals surface area contributed by atoms with Crippen molar-refractivity contribution < 1.29 is 18.6 Å². The fraction of sp³-hybridized carbons (Fsp3) is 0.667. The first-order valence-electron chi connectivity index (χ1n) is 10.00. The Hall–Kier alpha value is -1.03. The average molecular weight is 418 g/mol. The minimum absolute atomic E-state index is 0.495. The highest BCUT2D eigenvalue weighted by Gasteiger charge is 2.55. The van der Waals surface area contributed by atoms with Gasteiger partial charge in [0.05, 0.1) is 34.0 Å². The van der Waals surface area contributed by atoms with Gasteiger partial charge in [-0.1, -0.05) is 11.6 Å². The zero-order valence-corrected chi connectivity index (χ0v) is 19.9. The highest BCUT2D eigenvalue weighted by atomic mass is 35.5. The second-order valence-electron chi connectivity index (χ2n) is 10.1. The molecule has 0 amide bonds. The summed E-state index contributed by atoms with van der Waals surface area (Å²) in [5.74, 6) is 0. The van der Waals surface area contributed by atoms with E-state index in [1.54, 1.807) is 0 Å². The van der Waals surface area contributed by atoms with Gasteiger partial charge in [-0.3, -0.25) is 0 Å². The topological polar surface area (TPSA) is 60.7 Å². The average Bonchev–Trinajstić information content (AvgIpc) is 2.89. The second-order valence-corrected chi connectivity index (χ2v) is 10.4. The third kappa shape index (κ3) is 3.34. The normalized spacial score (nSPS) is 24.1. The largest absolute Gasteiger partial charge is 0.496 e. The Morgan fingerprint density at radius 2 is 1.03 bits per heavy atom. The van der Waals surface area contributed by atoms with Gasteiger partial charge in [-0.15, -0.1) is 0 Å². The van der Waals surface area contributed by atoms with Crippen molar-refractivity contribution in [3.63, 3.8) is 0 Å². The number of benzene rings is 1. The minimum Gasteiger partial charge on any atom is -0.399 e. The summed E-state index contributed by atoms with van der Waals surface area (Å²) < 4.78 is 24.9. The molecule has 1 aromatic rings. The summed E-state index contributed by atoms with van der Waals surface area (Å²) in [5, 5.41) is 10.5. The Balaban J connectivity index is 2.14. The van der Waals surface area contributed by atoms with Crippen molar-refractivity contribution in [3.05, 3.63) is 21.7 Å². The fourth-order valence-electron chi connectivity index (χ4n) is 3.65. The van der Waals surface area contributed by atoms with E-state index in [0.717, 1.165) is 11.1 Å². The minimum atomic E-state index is -0.668. The molecular weight excluding hydrogens is 387 g/mol. The van der Waals surface area contributed by atoms with Gasteiger partial charge in [0, 0.05) is 15.9 Å². The van der Waals surface area contributed by atoms with Crippen LogP contribution in [0.25, 0.3) is 0 Å². The van der Waals surface area contributed by atoms with Crippen LogP contribution in [0.15, 0.2) is 0 Å². The van der Waals surface area contributed by atoms with Crippen molar-refractivity contribution in [2.75, 3.05) is 0 Å². The van der Waals surface area contributed by atoms with Crippen molar-refractivity contribution in [3.8, 4) is 6.07 Å². The molecule has 0 aromatic heterocycles. The summed E-state index contributed by atoms with van der Waals surface area (Å²) in [6.07, 6.45) is 0. The lowest BCUT2D eigenvalue weighted by molar-refractivity contribution is 0.00578. The van der Waals surface area contributed by atoms with E-state index >= 15 is 0 Å². The monoisotopic (exact) mass is 417 g/mol. The van der Waals surface area contributed by atoms with E-state index in [0.29, 0.717) is 21.5 Å². The van der Waals surface area contributed by atoms with Crippen LogP contribution in [0.2, 0.25) is 5.02 Å². The summed E-state index contributed by atoms with van der Waals surface area (Å²) in [6, 6.07) is 2.34. The molecule has 0 N–H and O–H groups in total. The molecular formula is C21H30B2ClNO4. The zero-order chi connectivity index (χ0) is 22.2. The quantitative estimate of drug-likeness (QED) is 0.690. The van der Waals surface area contributed by atoms with Gasteiger partial charge in [0.2, 0.25) is 0 Å². The van der Waals surface area contributed by atoms with Crippen LogP contribution in [0.3, 0.4) is 0 Å². The molecule has 2 fully saturated rings. The van der Waals surface area contributed by atoms with E-state index in [2.05, 4.69) is 6.07 Å². The van der Waals surface area contributed by atoms with Crippen LogP contribution in [0.5, 0.6) is 0 Å². The van der Waals surface area contributed by atoms with E-state index < -0.39 is 36.6 Å². The number of rotatable bonds is 2. The van der Waals surface area contributed by atoms with Crippen LogP contribution in [0.1, 0.15) is 72.1 Å². The molecule has 2 aliphatic rings. The van der Waals surface area contributed by atoms with E-state index in [4.69, 9.17) is 30.2 Å². The molecule has 2 saturated heterocycles. The summed E-state index contributed by atoms with van der Waals surface area (Å²) in [4.78, 5) is 0. The first-order chi connectivity index (χ1) is 13.1. The molecule has 8 heteroatoms. The fourth-order valence-corrected chi connectivity index (χ4v) is 3.98. The highest BCUT2D eigenvalue weighted by Crippen LogP contribution is 2.39. The van der Waals surface area contributed by atoms with Crippen molar-refractivity contribution in [2.45, 2.75) is 91.6 Å². The second kappa shape index (κ2) is 6.73. The Bertz CT molecular complexity index is 873. The van der Waals surface area contributed by atoms with Crippen LogP contribution in [-0.4, -0.2) is 36.6 Å². The first-order valence-corrected chi connectivity index (χ1v) is 10.4. The number of nitriles is 1. The molecule has 0 unspecified atom stereocenters. The van der Waals surface area contributed by atoms with Crippen LogP contribution >= 0.6 is 11.6 Å². The molecule has 5 nitrogen and oxygen atoms in total. The lowest BCUT2D eigenvalue weighted by Gasteiger charge is -2.32. The van der Waals surface area contributed by atoms with Gasteiger partial charge in [-0.25, -0.2) is 0 Å². The molecule has 0 atom stereocenters. The maximum absolute atomic E-state index is 10.0. The summed E-state index contributed by atoms with van der Waals surface area (Å²) in [6.45, 7) is 19.7.